The van der Waals surface area contributed by atoms with E-state index >= 15 is 0 Å². The van der Waals surface area contributed by atoms with Gasteiger partial charge in [-0.1, -0.05) is 50.6 Å². The number of benzene rings is 2. The minimum atomic E-state index is -0.623. The molecule has 1 fully saturated rings. The molecule has 1 aromatic heterocycles. The summed E-state index contributed by atoms with van der Waals surface area (Å²) in [6.07, 6.45) is 7.93. The second-order valence-electron chi connectivity index (χ2n) is 11.2. The molecule has 216 valence electrons. The van der Waals surface area contributed by atoms with Crippen molar-refractivity contribution >= 4 is 16.9 Å². The summed E-state index contributed by atoms with van der Waals surface area (Å²) < 4.78 is 29.7. The van der Waals surface area contributed by atoms with Crippen LogP contribution in [-0.2, 0) is 25.4 Å². The summed E-state index contributed by atoms with van der Waals surface area (Å²) in [4.78, 5) is 11.6. The number of hydrogen-bond donors (Lipinski definition) is 0. The molecule has 1 saturated heterocycles. The third-order valence-corrected chi connectivity index (χ3v) is 7.20. The molecule has 0 aliphatic carbocycles. The van der Waals surface area contributed by atoms with E-state index in [1.165, 1.54) is 24.8 Å². The number of fused-ring (bicyclic) bond motifs is 1. The molecule has 2 aromatic carbocycles. The first kappa shape index (κ1) is 29.9. The highest BCUT2D eigenvalue weighted by molar-refractivity contribution is 5.87. The Kier molecular flexibility index (Phi) is 10.5. The van der Waals surface area contributed by atoms with Gasteiger partial charge in [0.15, 0.2) is 5.79 Å². The summed E-state index contributed by atoms with van der Waals surface area (Å²) in [6, 6.07) is 16.8. The molecule has 0 N–H and O–H groups in total. The smallest absolute Gasteiger partial charge is 0.333 e. The van der Waals surface area contributed by atoms with Crippen molar-refractivity contribution in [2.45, 2.75) is 97.1 Å². The number of esters is 1. The Morgan fingerprint density at radius 3 is 2.30 bits per heavy atom. The Morgan fingerprint density at radius 1 is 0.925 bits per heavy atom. The maximum atomic E-state index is 11.6. The van der Waals surface area contributed by atoms with Gasteiger partial charge in [0.05, 0.1) is 25.4 Å². The number of aryl methyl sites for hydroxylation is 1. The monoisotopic (exact) mass is 548 g/mol. The lowest BCUT2D eigenvalue weighted by molar-refractivity contribution is -0.148. The largest absolute Gasteiger partial charge is 0.493 e. The van der Waals surface area contributed by atoms with Crippen LogP contribution in [0.15, 0.2) is 65.1 Å². The standard InChI is InChI=1S/C34H44O6/c1-6-7-8-11-25-14-16-26(17-15-25)31-22-27-18-19-28(23-32(27)38-31)36-20-9-12-29-30(40-34(4,5)39-29)13-10-21-37-33(35)24(2)3/h14-19,22-23,29-30H,2,6-13,20-21H2,1,3-5H3. The van der Waals surface area contributed by atoms with Crippen LogP contribution in [0.4, 0.5) is 0 Å². The number of rotatable bonds is 15. The topological polar surface area (TPSA) is 67.1 Å². The second kappa shape index (κ2) is 14.0. The third kappa shape index (κ3) is 8.45. The predicted octanol–water partition coefficient (Wildman–Crippen LogP) is 8.41. The van der Waals surface area contributed by atoms with Gasteiger partial charge in [-0.2, -0.15) is 0 Å². The van der Waals surface area contributed by atoms with Crippen molar-refractivity contribution < 1.29 is 28.2 Å². The van der Waals surface area contributed by atoms with E-state index < -0.39 is 5.79 Å². The Hall–Kier alpha value is -3.09. The summed E-state index contributed by atoms with van der Waals surface area (Å²) in [5.74, 6) is 0.684. The Labute approximate surface area is 238 Å². The van der Waals surface area contributed by atoms with Crippen LogP contribution in [0.1, 0.15) is 78.2 Å². The summed E-state index contributed by atoms with van der Waals surface area (Å²) in [5, 5.41) is 1.06. The Balaban J connectivity index is 1.25. The molecule has 1 aliphatic rings. The molecule has 2 heterocycles. The highest BCUT2D eigenvalue weighted by Crippen LogP contribution is 2.34. The van der Waals surface area contributed by atoms with Gasteiger partial charge in [0.2, 0.25) is 0 Å². The van der Waals surface area contributed by atoms with Gasteiger partial charge in [-0.3, -0.25) is 0 Å². The van der Waals surface area contributed by atoms with Gasteiger partial charge in [-0.05, 0) is 83.1 Å². The summed E-state index contributed by atoms with van der Waals surface area (Å²) >= 11 is 0. The van der Waals surface area contributed by atoms with Gasteiger partial charge in [-0.25, -0.2) is 4.79 Å². The molecule has 0 radical (unpaired) electrons. The van der Waals surface area contributed by atoms with Gasteiger partial charge >= 0.3 is 5.97 Å². The van der Waals surface area contributed by atoms with Crippen molar-refractivity contribution in [3.63, 3.8) is 0 Å². The van der Waals surface area contributed by atoms with Crippen molar-refractivity contribution in [1.29, 1.82) is 0 Å². The van der Waals surface area contributed by atoms with E-state index in [0.29, 0.717) is 25.2 Å². The average Bonchev–Trinajstić information content (AvgIpc) is 3.48. The lowest BCUT2D eigenvalue weighted by Crippen LogP contribution is -2.24. The van der Waals surface area contributed by atoms with E-state index in [1.807, 2.05) is 32.0 Å². The number of ether oxygens (including phenoxy) is 4. The first-order chi connectivity index (χ1) is 19.2. The second-order valence-corrected chi connectivity index (χ2v) is 11.2. The van der Waals surface area contributed by atoms with Crippen molar-refractivity contribution in [1.82, 2.24) is 0 Å². The molecule has 3 aromatic rings. The molecule has 4 rings (SSSR count). The maximum Gasteiger partial charge on any atom is 0.333 e. The van der Waals surface area contributed by atoms with Gasteiger partial charge in [0.1, 0.15) is 17.1 Å². The highest BCUT2D eigenvalue weighted by atomic mass is 16.7. The summed E-state index contributed by atoms with van der Waals surface area (Å²) in [7, 11) is 0. The van der Waals surface area contributed by atoms with Gasteiger partial charge in [0, 0.05) is 22.6 Å². The number of carbonyl (C=O) groups is 1. The number of hydrogen-bond acceptors (Lipinski definition) is 6. The minimum absolute atomic E-state index is 0.0245. The zero-order chi connectivity index (χ0) is 28.5. The maximum absolute atomic E-state index is 11.6. The van der Waals surface area contributed by atoms with E-state index in [1.54, 1.807) is 6.92 Å². The number of carbonyl (C=O) groups excluding carboxylic acids is 1. The lowest BCUT2D eigenvalue weighted by atomic mass is 10.0. The van der Waals surface area contributed by atoms with Crippen molar-refractivity contribution in [3.8, 4) is 17.1 Å². The number of unbranched alkanes of at least 4 members (excludes halogenated alkanes) is 2. The molecule has 2 unspecified atom stereocenters. The normalized spacial score (nSPS) is 18.2. The summed E-state index contributed by atoms with van der Waals surface area (Å²) in [5.41, 5.74) is 3.69. The SMILES string of the molecule is C=C(C)C(=O)OCCCC1OC(C)(C)OC1CCCOc1ccc2cc(-c3ccc(CCCCC)cc3)oc2c1. The number of furan rings is 1. The van der Waals surface area contributed by atoms with Crippen LogP contribution in [0.2, 0.25) is 0 Å². The third-order valence-electron chi connectivity index (χ3n) is 7.20. The molecule has 2 atom stereocenters. The van der Waals surface area contributed by atoms with Gasteiger partial charge in [0.25, 0.3) is 0 Å². The van der Waals surface area contributed by atoms with E-state index in [9.17, 15) is 4.79 Å². The molecule has 0 saturated carbocycles. The molecular formula is C34H44O6. The molecule has 40 heavy (non-hydrogen) atoms. The van der Waals surface area contributed by atoms with Crippen LogP contribution < -0.4 is 4.74 Å². The van der Waals surface area contributed by atoms with Crippen LogP contribution in [0, 0.1) is 0 Å². The van der Waals surface area contributed by atoms with E-state index in [0.717, 1.165) is 53.7 Å². The van der Waals surface area contributed by atoms with Crippen LogP contribution in [0.3, 0.4) is 0 Å². The highest BCUT2D eigenvalue weighted by Gasteiger charge is 2.40. The van der Waals surface area contributed by atoms with Crippen LogP contribution in [0.5, 0.6) is 5.75 Å². The Bertz CT molecular complexity index is 1260. The zero-order valence-corrected chi connectivity index (χ0v) is 24.5. The van der Waals surface area contributed by atoms with E-state index in [4.69, 9.17) is 23.4 Å². The van der Waals surface area contributed by atoms with Crippen LogP contribution in [0.25, 0.3) is 22.3 Å². The molecule has 6 nitrogen and oxygen atoms in total. The molecule has 0 spiro atoms. The van der Waals surface area contributed by atoms with Crippen molar-refractivity contribution in [2.24, 2.45) is 0 Å². The predicted molar refractivity (Wildman–Crippen MR) is 158 cm³/mol. The first-order valence-electron chi connectivity index (χ1n) is 14.7. The van der Waals surface area contributed by atoms with E-state index in [2.05, 4.69) is 43.8 Å². The fourth-order valence-corrected chi connectivity index (χ4v) is 5.10. The van der Waals surface area contributed by atoms with E-state index in [-0.39, 0.29) is 18.2 Å². The molecule has 0 bridgehead atoms. The average molecular weight is 549 g/mol. The molecule has 6 heteroatoms. The van der Waals surface area contributed by atoms with Gasteiger partial charge in [-0.15, -0.1) is 0 Å². The van der Waals surface area contributed by atoms with Crippen molar-refractivity contribution in [3.05, 3.63) is 66.2 Å². The summed E-state index contributed by atoms with van der Waals surface area (Å²) in [6.45, 7) is 12.3. The van der Waals surface area contributed by atoms with Gasteiger partial charge < -0.3 is 23.4 Å². The van der Waals surface area contributed by atoms with Crippen LogP contribution in [-0.4, -0.2) is 37.2 Å². The van der Waals surface area contributed by atoms with Crippen LogP contribution >= 0.6 is 0 Å². The first-order valence-corrected chi connectivity index (χ1v) is 14.7. The molecule has 1 aliphatic heterocycles. The zero-order valence-electron chi connectivity index (χ0n) is 24.5. The Morgan fingerprint density at radius 2 is 1.62 bits per heavy atom. The minimum Gasteiger partial charge on any atom is -0.493 e. The molecular weight excluding hydrogens is 504 g/mol. The fourth-order valence-electron chi connectivity index (χ4n) is 5.10. The van der Waals surface area contributed by atoms with Crippen molar-refractivity contribution in [2.75, 3.05) is 13.2 Å². The molecule has 0 amide bonds. The quantitative estimate of drug-likeness (QED) is 0.108. The lowest BCUT2D eigenvalue weighted by Gasteiger charge is -2.17. The fraction of sp³-hybridized carbons (Fsp3) is 0.500.